The van der Waals surface area contributed by atoms with Crippen molar-refractivity contribution in [3.05, 3.63) is 29.0 Å². The lowest BCUT2D eigenvalue weighted by molar-refractivity contribution is -0.121. The molecule has 0 radical (unpaired) electrons. The molecule has 0 spiro atoms. The smallest absolute Gasteiger partial charge is 0.227 e. The molecule has 1 aromatic rings. The lowest BCUT2D eigenvalue weighted by Crippen LogP contribution is -2.48. The number of hydrogen-bond acceptors (Lipinski definition) is 2. The molecule has 1 unspecified atom stereocenters. The molecule has 1 aliphatic heterocycles. The topological polar surface area (TPSA) is 41.1 Å². The van der Waals surface area contributed by atoms with E-state index in [4.69, 9.17) is 11.6 Å². The van der Waals surface area contributed by atoms with Gasteiger partial charge < -0.3 is 10.6 Å². The van der Waals surface area contributed by atoms with E-state index in [0.717, 1.165) is 13.1 Å². The van der Waals surface area contributed by atoms with Gasteiger partial charge in [0.1, 0.15) is 5.82 Å². The first-order valence-electron chi connectivity index (χ1n) is 5.54. The fourth-order valence-electron chi connectivity index (χ4n) is 1.71. The zero-order valence-electron chi connectivity index (χ0n) is 9.47. The summed E-state index contributed by atoms with van der Waals surface area (Å²) in [5.41, 5.74) is 0.441. The molecule has 2 rings (SSSR count). The number of hydrogen-bond donors (Lipinski definition) is 2. The minimum Gasteiger partial charge on any atom is -0.326 e. The number of carbonyl (C=O) groups excluding carboxylic acids is 1. The van der Waals surface area contributed by atoms with Crippen LogP contribution in [0.4, 0.5) is 10.1 Å². The van der Waals surface area contributed by atoms with Crippen LogP contribution in [0.3, 0.4) is 0 Å². The molecule has 3 nitrogen and oxygen atoms in total. The van der Waals surface area contributed by atoms with Gasteiger partial charge >= 0.3 is 0 Å². The summed E-state index contributed by atoms with van der Waals surface area (Å²) < 4.78 is 13.2. The Morgan fingerprint density at radius 2 is 2.29 bits per heavy atom. The molecule has 1 aromatic carbocycles. The number of anilines is 1. The Bertz CT molecular complexity index is 435. The van der Waals surface area contributed by atoms with Crippen molar-refractivity contribution < 1.29 is 9.18 Å². The van der Waals surface area contributed by atoms with E-state index in [2.05, 4.69) is 10.6 Å². The van der Waals surface area contributed by atoms with E-state index in [9.17, 15) is 9.18 Å². The van der Waals surface area contributed by atoms with Crippen molar-refractivity contribution in [2.45, 2.75) is 6.92 Å². The maximum Gasteiger partial charge on any atom is 0.227 e. The predicted octanol–water partition coefficient (Wildman–Crippen LogP) is 2.27. The molecule has 0 bridgehead atoms. The standard InChI is InChI=1S/C12H14ClFN2O/c1-7(8-5-15-6-8)12(17)16-9-2-3-10(13)11(14)4-9/h2-4,7-8,15H,5-6H2,1H3,(H,16,17). The molecular formula is C12H14ClFN2O. The molecule has 0 aliphatic carbocycles. The van der Waals surface area contributed by atoms with Gasteiger partial charge in [-0.25, -0.2) is 4.39 Å². The zero-order valence-corrected chi connectivity index (χ0v) is 10.2. The summed E-state index contributed by atoms with van der Waals surface area (Å²) in [5, 5.41) is 5.87. The molecule has 1 saturated heterocycles. The van der Waals surface area contributed by atoms with Crippen LogP contribution in [0.5, 0.6) is 0 Å². The van der Waals surface area contributed by atoms with Crippen molar-refractivity contribution in [2.24, 2.45) is 11.8 Å². The molecule has 1 heterocycles. The second kappa shape index (κ2) is 5.02. The number of benzene rings is 1. The normalized spacial score (nSPS) is 17.4. The molecule has 5 heteroatoms. The summed E-state index contributed by atoms with van der Waals surface area (Å²) in [7, 11) is 0. The van der Waals surface area contributed by atoms with Gasteiger partial charge in [0.25, 0.3) is 0 Å². The lowest BCUT2D eigenvalue weighted by Gasteiger charge is -2.31. The first-order chi connectivity index (χ1) is 8.08. The molecule has 1 atom stereocenters. The second-order valence-electron chi connectivity index (χ2n) is 4.33. The first kappa shape index (κ1) is 12.3. The van der Waals surface area contributed by atoms with Crippen molar-refractivity contribution in [1.29, 1.82) is 0 Å². The molecule has 17 heavy (non-hydrogen) atoms. The summed E-state index contributed by atoms with van der Waals surface area (Å²) in [5.74, 6) is -0.317. The van der Waals surface area contributed by atoms with Gasteiger partial charge in [-0.2, -0.15) is 0 Å². The largest absolute Gasteiger partial charge is 0.326 e. The Morgan fingerprint density at radius 3 is 2.82 bits per heavy atom. The highest BCUT2D eigenvalue weighted by molar-refractivity contribution is 6.30. The summed E-state index contributed by atoms with van der Waals surface area (Å²) in [4.78, 5) is 11.8. The van der Waals surface area contributed by atoms with Gasteiger partial charge in [-0.1, -0.05) is 18.5 Å². The molecule has 2 N–H and O–H groups in total. The van der Waals surface area contributed by atoms with Crippen molar-refractivity contribution in [1.82, 2.24) is 5.32 Å². The Hall–Kier alpha value is -1.13. The van der Waals surface area contributed by atoms with Crippen LogP contribution in [0.15, 0.2) is 18.2 Å². The van der Waals surface area contributed by atoms with Gasteiger partial charge in [-0.05, 0) is 37.2 Å². The molecule has 1 amide bonds. The molecule has 1 aliphatic rings. The average Bonchev–Trinajstić information content (AvgIpc) is 2.21. The second-order valence-corrected chi connectivity index (χ2v) is 4.73. The summed E-state index contributed by atoms with van der Waals surface area (Å²) in [6, 6.07) is 4.25. The van der Waals surface area contributed by atoms with Crippen molar-refractivity contribution in [3.63, 3.8) is 0 Å². The lowest BCUT2D eigenvalue weighted by atomic mass is 9.88. The van der Waals surface area contributed by atoms with E-state index in [1.807, 2.05) is 6.92 Å². The maximum absolute atomic E-state index is 13.2. The van der Waals surface area contributed by atoms with Gasteiger partial charge in [0, 0.05) is 11.6 Å². The summed E-state index contributed by atoms with van der Waals surface area (Å²) in [6.45, 7) is 3.61. The molecule has 0 saturated carbocycles. The quantitative estimate of drug-likeness (QED) is 0.871. The number of amides is 1. The van der Waals surface area contributed by atoms with Crippen LogP contribution in [0.1, 0.15) is 6.92 Å². The average molecular weight is 257 g/mol. The third kappa shape index (κ3) is 2.76. The van der Waals surface area contributed by atoms with Gasteiger partial charge in [0.05, 0.1) is 5.02 Å². The van der Waals surface area contributed by atoms with E-state index in [0.29, 0.717) is 11.6 Å². The van der Waals surface area contributed by atoms with Crippen LogP contribution in [-0.4, -0.2) is 19.0 Å². The Labute approximate surface area is 104 Å². The van der Waals surface area contributed by atoms with Crippen LogP contribution in [0, 0.1) is 17.7 Å². The highest BCUT2D eigenvalue weighted by atomic mass is 35.5. The minimum atomic E-state index is -0.526. The van der Waals surface area contributed by atoms with Crippen LogP contribution >= 0.6 is 11.6 Å². The summed E-state index contributed by atoms with van der Waals surface area (Å²) in [6.07, 6.45) is 0. The molecule has 1 fully saturated rings. The third-order valence-electron chi connectivity index (χ3n) is 3.12. The molecule has 0 aromatic heterocycles. The van der Waals surface area contributed by atoms with Crippen molar-refractivity contribution in [3.8, 4) is 0 Å². The number of carbonyl (C=O) groups is 1. The molecule has 92 valence electrons. The minimum absolute atomic E-state index is 0.0549. The maximum atomic E-state index is 13.2. The summed E-state index contributed by atoms with van der Waals surface area (Å²) >= 11 is 5.57. The third-order valence-corrected chi connectivity index (χ3v) is 3.43. The van der Waals surface area contributed by atoms with E-state index in [1.54, 1.807) is 6.07 Å². The van der Waals surface area contributed by atoms with Crippen LogP contribution in [0.2, 0.25) is 5.02 Å². The Kier molecular flexibility index (Phi) is 3.64. The van der Waals surface area contributed by atoms with Gasteiger partial charge in [-0.3, -0.25) is 4.79 Å². The van der Waals surface area contributed by atoms with Crippen LogP contribution < -0.4 is 10.6 Å². The highest BCUT2D eigenvalue weighted by Crippen LogP contribution is 2.21. The number of rotatable bonds is 3. The van der Waals surface area contributed by atoms with Gasteiger partial charge in [0.15, 0.2) is 0 Å². The zero-order chi connectivity index (χ0) is 12.4. The Morgan fingerprint density at radius 1 is 1.59 bits per heavy atom. The van der Waals surface area contributed by atoms with Crippen molar-refractivity contribution >= 4 is 23.2 Å². The van der Waals surface area contributed by atoms with E-state index in [1.165, 1.54) is 12.1 Å². The fourth-order valence-corrected chi connectivity index (χ4v) is 1.83. The Balaban J connectivity index is 1.99. The van der Waals surface area contributed by atoms with Gasteiger partial charge in [0.2, 0.25) is 5.91 Å². The predicted molar refractivity (Wildman–Crippen MR) is 65.6 cm³/mol. The fraction of sp³-hybridized carbons (Fsp3) is 0.417. The highest BCUT2D eigenvalue weighted by Gasteiger charge is 2.28. The van der Waals surface area contributed by atoms with Crippen LogP contribution in [0.25, 0.3) is 0 Å². The SMILES string of the molecule is CC(C(=O)Nc1ccc(Cl)c(F)c1)C1CNC1. The molecular weight excluding hydrogens is 243 g/mol. The van der Waals surface area contributed by atoms with Gasteiger partial charge in [-0.15, -0.1) is 0 Å². The number of halogens is 2. The van der Waals surface area contributed by atoms with Crippen molar-refractivity contribution in [2.75, 3.05) is 18.4 Å². The monoisotopic (exact) mass is 256 g/mol. The van der Waals surface area contributed by atoms with E-state index in [-0.39, 0.29) is 16.8 Å². The van der Waals surface area contributed by atoms with Crippen LogP contribution in [-0.2, 0) is 4.79 Å². The van der Waals surface area contributed by atoms with E-state index < -0.39 is 5.82 Å². The van der Waals surface area contributed by atoms with E-state index >= 15 is 0 Å². The number of nitrogens with one attached hydrogen (secondary N) is 2. The first-order valence-corrected chi connectivity index (χ1v) is 5.92.